The number of hydrogen-bond acceptors (Lipinski definition) is 7. The van der Waals surface area contributed by atoms with E-state index in [1.54, 1.807) is 6.07 Å². The quantitative estimate of drug-likeness (QED) is 0.151. The van der Waals surface area contributed by atoms with E-state index in [1.165, 1.54) is 23.5 Å². The van der Waals surface area contributed by atoms with Crippen LogP contribution in [0.1, 0.15) is 43.5 Å². The number of rotatable bonds is 11. The number of hydrogen-bond donors (Lipinski definition) is 3. The van der Waals surface area contributed by atoms with E-state index in [0.717, 1.165) is 59.2 Å². The fraction of sp³-hybridized carbons (Fsp3) is 0.429. The lowest BCUT2D eigenvalue weighted by atomic mass is 10.0. The molecule has 4 aromatic rings. The Morgan fingerprint density at radius 1 is 1.05 bits per heavy atom. The number of aromatic nitrogens is 4. The lowest BCUT2D eigenvalue weighted by Crippen LogP contribution is -2.42. The number of aryl methyl sites for hydroxylation is 1. The fourth-order valence-corrected chi connectivity index (χ4v) is 5.17. The number of halogens is 6. The Labute approximate surface area is 248 Å². The number of carbonyl (C=O) groups is 1. The summed E-state index contributed by atoms with van der Waals surface area (Å²) in [6.07, 6.45) is -6.98. The van der Waals surface area contributed by atoms with Crippen molar-refractivity contribution in [2.24, 2.45) is 0 Å². The third kappa shape index (κ3) is 9.64. The second kappa shape index (κ2) is 14.6. The number of fused-ring (bicyclic) bond motifs is 1. The first-order valence-electron chi connectivity index (χ1n) is 13.5. The van der Waals surface area contributed by atoms with Gasteiger partial charge >= 0.3 is 18.3 Å². The van der Waals surface area contributed by atoms with Crippen molar-refractivity contribution in [3.05, 3.63) is 59.3 Å². The molecule has 0 saturated carbocycles. The molecule has 0 aliphatic carbocycles. The van der Waals surface area contributed by atoms with Crippen molar-refractivity contribution in [1.29, 1.82) is 0 Å². The second-order valence-corrected chi connectivity index (χ2v) is 10.7. The van der Waals surface area contributed by atoms with Crippen molar-refractivity contribution in [3.63, 3.8) is 0 Å². The summed E-state index contributed by atoms with van der Waals surface area (Å²) in [6.45, 7) is 8.51. The number of aliphatic carboxylic acids is 1. The maximum atomic E-state index is 13.3. The highest BCUT2D eigenvalue weighted by Gasteiger charge is 2.38. The summed E-state index contributed by atoms with van der Waals surface area (Å²) < 4.78 is 71.5. The molecule has 234 valence electrons. The maximum Gasteiger partial charge on any atom is 0.490 e. The van der Waals surface area contributed by atoms with Gasteiger partial charge in [0.1, 0.15) is 5.01 Å². The van der Waals surface area contributed by atoms with Crippen molar-refractivity contribution in [2.75, 3.05) is 25.0 Å². The van der Waals surface area contributed by atoms with Gasteiger partial charge in [0.15, 0.2) is 0 Å². The minimum Gasteiger partial charge on any atom is -0.475 e. The summed E-state index contributed by atoms with van der Waals surface area (Å²) in [5.74, 6) is -2.76. The van der Waals surface area contributed by atoms with Crippen molar-refractivity contribution in [1.82, 2.24) is 25.3 Å². The number of H-pyrrole nitrogens is 1. The van der Waals surface area contributed by atoms with E-state index in [0.29, 0.717) is 23.7 Å². The van der Waals surface area contributed by atoms with Gasteiger partial charge < -0.3 is 10.4 Å². The van der Waals surface area contributed by atoms with Gasteiger partial charge in [-0.3, -0.25) is 10.00 Å². The molecule has 0 spiro atoms. The van der Waals surface area contributed by atoms with Crippen LogP contribution in [0.2, 0.25) is 0 Å². The minimum atomic E-state index is -5.08. The van der Waals surface area contributed by atoms with E-state index in [1.807, 2.05) is 19.1 Å². The van der Waals surface area contributed by atoms with E-state index < -0.39 is 23.9 Å². The van der Waals surface area contributed by atoms with Crippen LogP contribution in [0.15, 0.2) is 42.5 Å². The Hall–Kier alpha value is -3.72. The smallest absolute Gasteiger partial charge is 0.475 e. The monoisotopic (exact) mass is 630 g/mol. The molecule has 1 unspecified atom stereocenters. The summed E-state index contributed by atoms with van der Waals surface area (Å²) in [6, 6.07) is 11.7. The van der Waals surface area contributed by atoms with Gasteiger partial charge in [-0.2, -0.15) is 31.4 Å². The van der Waals surface area contributed by atoms with Gasteiger partial charge in [0, 0.05) is 23.5 Å². The third-order valence-electron chi connectivity index (χ3n) is 6.42. The molecule has 0 bridgehead atoms. The topological polar surface area (TPSA) is 107 Å². The van der Waals surface area contributed by atoms with E-state index >= 15 is 0 Å². The largest absolute Gasteiger partial charge is 0.490 e. The standard InChI is InChI=1S/C26H31F3N6S.C2HF3O2/c1-4-11-35(12-5-2)21(14-18-7-6-8-20(13-18)26(27,28)29)16-30-25-34-33-24(36-25)19-9-10-23-22(15-19)17(3)31-32-23;3-2(4,5)1(6)7/h6-10,13,15,21H,4-5,11-12,14,16H2,1-3H3,(H,30,34)(H,31,32);(H,6,7). The van der Waals surface area contributed by atoms with Crippen LogP contribution in [-0.4, -0.2) is 68.2 Å². The van der Waals surface area contributed by atoms with Crippen LogP contribution in [0.4, 0.5) is 31.5 Å². The molecule has 4 rings (SSSR count). The number of carboxylic acids is 1. The maximum absolute atomic E-state index is 13.3. The van der Waals surface area contributed by atoms with Gasteiger partial charge in [0.25, 0.3) is 0 Å². The molecule has 0 fully saturated rings. The Morgan fingerprint density at radius 3 is 2.33 bits per heavy atom. The molecule has 43 heavy (non-hydrogen) atoms. The highest BCUT2D eigenvalue weighted by atomic mass is 32.1. The number of aromatic amines is 1. The minimum absolute atomic E-state index is 0.0191. The lowest BCUT2D eigenvalue weighted by molar-refractivity contribution is -0.192. The van der Waals surface area contributed by atoms with Gasteiger partial charge in [-0.1, -0.05) is 43.4 Å². The molecule has 15 heteroatoms. The van der Waals surface area contributed by atoms with Crippen LogP contribution < -0.4 is 5.32 Å². The molecule has 3 N–H and O–H groups in total. The summed E-state index contributed by atoms with van der Waals surface area (Å²) in [5.41, 5.74) is 2.94. The van der Waals surface area contributed by atoms with Crippen LogP contribution in [-0.2, 0) is 17.4 Å². The average Bonchev–Trinajstić information content (AvgIpc) is 3.57. The van der Waals surface area contributed by atoms with E-state index in [-0.39, 0.29) is 6.04 Å². The first kappa shape index (κ1) is 33.8. The summed E-state index contributed by atoms with van der Waals surface area (Å²) >= 11 is 1.46. The normalized spacial score (nSPS) is 12.7. The van der Waals surface area contributed by atoms with E-state index in [9.17, 15) is 26.3 Å². The molecule has 0 aliphatic rings. The highest BCUT2D eigenvalue weighted by molar-refractivity contribution is 7.18. The zero-order valence-electron chi connectivity index (χ0n) is 23.7. The molecule has 0 radical (unpaired) electrons. The van der Waals surface area contributed by atoms with Crippen LogP contribution in [0.25, 0.3) is 21.5 Å². The summed E-state index contributed by atoms with van der Waals surface area (Å²) in [4.78, 5) is 11.2. The van der Waals surface area contributed by atoms with Crippen LogP contribution >= 0.6 is 11.3 Å². The Balaban J connectivity index is 0.000000646. The zero-order valence-corrected chi connectivity index (χ0v) is 24.5. The van der Waals surface area contributed by atoms with E-state index in [2.05, 4.69) is 50.5 Å². The Bertz CT molecular complexity index is 1480. The van der Waals surface area contributed by atoms with Crippen molar-refractivity contribution in [3.8, 4) is 10.6 Å². The second-order valence-electron chi connectivity index (χ2n) is 9.76. The van der Waals surface area contributed by atoms with Crippen LogP contribution in [0.5, 0.6) is 0 Å². The molecular weight excluding hydrogens is 598 g/mol. The molecule has 2 heterocycles. The summed E-state index contributed by atoms with van der Waals surface area (Å²) in [5, 5.41) is 29.0. The molecule has 1 atom stereocenters. The molecule has 8 nitrogen and oxygen atoms in total. The van der Waals surface area contributed by atoms with Gasteiger partial charge in [0.2, 0.25) is 5.13 Å². The molecule has 0 amide bonds. The predicted octanol–water partition coefficient (Wildman–Crippen LogP) is 7.19. The lowest BCUT2D eigenvalue weighted by Gasteiger charge is -2.31. The first-order valence-corrected chi connectivity index (χ1v) is 14.3. The SMILES string of the molecule is CCCN(CCC)C(CNc1nnc(-c2ccc3[nH]nc(C)c3c2)s1)Cc1cccc(C(F)(F)F)c1.O=C(O)C(F)(F)F. The number of nitrogens with zero attached hydrogens (tertiary/aromatic N) is 4. The fourth-order valence-electron chi connectivity index (χ4n) is 4.42. The van der Waals surface area contributed by atoms with Crippen LogP contribution in [0.3, 0.4) is 0 Å². The van der Waals surface area contributed by atoms with Gasteiger partial charge in [0.05, 0.1) is 16.8 Å². The van der Waals surface area contributed by atoms with Gasteiger partial charge in [-0.25, -0.2) is 4.79 Å². The summed E-state index contributed by atoms with van der Waals surface area (Å²) in [7, 11) is 0. The molecule has 2 aromatic carbocycles. The average molecular weight is 631 g/mol. The molecular formula is C28H32F6N6O2S. The van der Waals surface area contributed by atoms with Crippen molar-refractivity contribution < 1.29 is 36.2 Å². The highest BCUT2D eigenvalue weighted by Crippen LogP contribution is 2.31. The van der Waals surface area contributed by atoms with Crippen LogP contribution in [0, 0.1) is 6.92 Å². The molecule has 0 saturated heterocycles. The van der Waals surface area contributed by atoms with E-state index in [4.69, 9.17) is 9.90 Å². The zero-order chi connectivity index (χ0) is 31.8. The first-order chi connectivity index (χ1) is 20.2. The predicted molar refractivity (Wildman–Crippen MR) is 153 cm³/mol. The number of nitrogens with one attached hydrogen (secondary N) is 2. The van der Waals surface area contributed by atoms with Crippen molar-refractivity contribution in [2.45, 2.75) is 58.4 Å². The Morgan fingerprint density at radius 2 is 1.72 bits per heavy atom. The van der Waals surface area contributed by atoms with Gasteiger partial charge in [-0.05, 0) is 69.1 Å². The number of anilines is 1. The third-order valence-corrected chi connectivity index (χ3v) is 7.35. The van der Waals surface area contributed by atoms with Crippen molar-refractivity contribution >= 4 is 33.3 Å². The Kier molecular flexibility index (Phi) is 11.5. The van der Waals surface area contributed by atoms with Gasteiger partial charge in [-0.15, -0.1) is 10.2 Å². The molecule has 2 aromatic heterocycles. The number of benzene rings is 2. The number of carboxylic acid groups (broad SMARTS) is 1. The molecule has 0 aliphatic heterocycles. The number of alkyl halides is 6.